The smallest absolute Gasteiger partial charge is 0.409 e. The standard InChI is InChI=1S/C18H20N5O2S/c1-20-13-9-14-17(7-11(13)10-19)26-18(23(14)2)22-21-12-5-6-15(24-3)16(8-12)25-4/h5-10,19-20H,1-4H3/q+1. The summed E-state index contributed by atoms with van der Waals surface area (Å²) in [5.74, 6) is 1.26. The van der Waals surface area contributed by atoms with Crippen molar-refractivity contribution >= 4 is 44.3 Å². The lowest BCUT2D eigenvalue weighted by Gasteiger charge is -2.06. The van der Waals surface area contributed by atoms with E-state index in [0.717, 1.165) is 26.6 Å². The SMILES string of the molecule is CNc1cc2c(cc1C=N)sc(N=Nc1ccc(OC)c(OC)c1)[n+]2C. The number of methoxy groups -OCH3 is 2. The van der Waals surface area contributed by atoms with Crippen molar-refractivity contribution in [1.82, 2.24) is 0 Å². The highest BCUT2D eigenvalue weighted by molar-refractivity contribution is 7.21. The molecule has 0 saturated heterocycles. The highest BCUT2D eigenvalue weighted by Gasteiger charge is 2.18. The molecule has 134 valence electrons. The number of azo groups is 1. The van der Waals surface area contributed by atoms with Crippen LogP contribution in [-0.2, 0) is 7.05 Å². The van der Waals surface area contributed by atoms with Crippen molar-refractivity contribution in [3.63, 3.8) is 0 Å². The van der Waals surface area contributed by atoms with E-state index in [0.29, 0.717) is 17.2 Å². The Balaban J connectivity index is 1.99. The van der Waals surface area contributed by atoms with Gasteiger partial charge in [-0.15, -0.1) is 0 Å². The van der Waals surface area contributed by atoms with E-state index in [1.165, 1.54) is 17.6 Å². The average molecular weight is 370 g/mol. The number of ether oxygens (including phenoxy) is 2. The summed E-state index contributed by atoms with van der Waals surface area (Å²) >= 11 is 1.52. The van der Waals surface area contributed by atoms with Crippen molar-refractivity contribution in [2.45, 2.75) is 0 Å². The van der Waals surface area contributed by atoms with Crippen LogP contribution in [0.1, 0.15) is 5.56 Å². The number of rotatable bonds is 6. The van der Waals surface area contributed by atoms with Gasteiger partial charge in [-0.3, -0.25) is 0 Å². The van der Waals surface area contributed by atoms with Crippen LogP contribution in [0.25, 0.3) is 10.2 Å². The number of nitrogens with one attached hydrogen (secondary N) is 2. The molecule has 1 aromatic heterocycles. The number of hydrogen-bond donors (Lipinski definition) is 2. The van der Waals surface area contributed by atoms with Gasteiger partial charge in [-0.25, -0.2) is 4.57 Å². The molecule has 0 spiro atoms. The summed E-state index contributed by atoms with van der Waals surface area (Å²) in [5, 5.41) is 20.1. The molecule has 2 aromatic carbocycles. The summed E-state index contributed by atoms with van der Waals surface area (Å²) < 4.78 is 13.6. The van der Waals surface area contributed by atoms with Gasteiger partial charge in [0.15, 0.2) is 11.5 Å². The first-order chi connectivity index (χ1) is 12.6. The fourth-order valence-corrected chi connectivity index (χ4v) is 3.61. The summed E-state index contributed by atoms with van der Waals surface area (Å²) in [7, 11) is 6.98. The monoisotopic (exact) mass is 370 g/mol. The first-order valence-electron chi connectivity index (χ1n) is 7.89. The molecule has 0 saturated carbocycles. The van der Waals surface area contributed by atoms with Crippen LogP contribution >= 0.6 is 11.3 Å². The van der Waals surface area contributed by atoms with Crippen LogP contribution in [0.3, 0.4) is 0 Å². The zero-order valence-electron chi connectivity index (χ0n) is 15.0. The number of benzene rings is 2. The van der Waals surface area contributed by atoms with E-state index >= 15 is 0 Å². The van der Waals surface area contributed by atoms with Gasteiger partial charge in [0.25, 0.3) is 0 Å². The number of nitrogens with zero attached hydrogens (tertiary/aromatic N) is 3. The third-order valence-electron chi connectivity index (χ3n) is 4.02. The van der Waals surface area contributed by atoms with Gasteiger partial charge >= 0.3 is 5.13 Å². The molecule has 7 nitrogen and oxygen atoms in total. The molecule has 3 rings (SSSR count). The van der Waals surface area contributed by atoms with Gasteiger partial charge in [0.1, 0.15) is 11.2 Å². The quantitative estimate of drug-likeness (QED) is 0.387. The van der Waals surface area contributed by atoms with Crippen molar-refractivity contribution in [2.75, 3.05) is 26.6 Å². The molecule has 0 radical (unpaired) electrons. The van der Waals surface area contributed by atoms with Crippen LogP contribution in [-0.4, -0.2) is 27.5 Å². The van der Waals surface area contributed by atoms with Crippen LogP contribution in [0, 0.1) is 5.41 Å². The van der Waals surface area contributed by atoms with Crippen molar-refractivity contribution in [3.05, 3.63) is 35.9 Å². The molecule has 0 bridgehead atoms. The molecule has 0 unspecified atom stereocenters. The predicted molar refractivity (Wildman–Crippen MR) is 104 cm³/mol. The Hall–Kier alpha value is -3.00. The Labute approximate surface area is 155 Å². The molecule has 26 heavy (non-hydrogen) atoms. The van der Waals surface area contributed by atoms with E-state index in [-0.39, 0.29) is 0 Å². The second kappa shape index (κ2) is 7.49. The summed E-state index contributed by atoms with van der Waals surface area (Å²) in [5.41, 5.74) is 3.46. The second-order valence-electron chi connectivity index (χ2n) is 5.48. The molecule has 0 aliphatic carbocycles. The van der Waals surface area contributed by atoms with Gasteiger partial charge in [0, 0.05) is 36.6 Å². The number of hydrogen-bond acceptors (Lipinski definition) is 7. The Morgan fingerprint density at radius 1 is 1.12 bits per heavy atom. The number of aryl methyl sites for hydroxylation is 1. The molecule has 3 aromatic rings. The maximum absolute atomic E-state index is 7.56. The highest BCUT2D eigenvalue weighted by atomic mass is 32.1. The van der Waals surface area contributed by atoms with Crippen molar-refractivity contribution in [3.8, 4) is 11.5 Å². The highest BCUT2D eigenvalue weighted by Crippen LogP contribution is 2.33. The van der Waals surface area contributed by atoms with Crippen LogP contribution in [0.5, 0.6) is 11.5 Å². The third-order valence-corrected chi connectivity index (χ3v) is 5.11. The molecule has 1 heterocycles. The van der Waals surface area contributed by atoms with E-state index in [9.17, 15) is 0 Å². The van der Waals surface area contributed by atoms with Crippen LogP contribution < -0.4 is 19.4 Å². The van der Waals surface area contributed by atoms with E-state index in [2.05, 4.69) is 15.5 Å². The van der Waals surface area contributed by atoms with Gasteiger partial charge in [-0.1, -0.05) is 0 Å². The first kappa shape index (κ1) is 17.8. The molecular formula is C18H20N5O2S+. The van der Waals surface area contributed by atoms with Crippen LogP contribution in [0.4, 0.5) is 16.5 Å². The number of fused-ring (bicyclic) bond motifs is 1. The summed E-state index contributed by atoms with van der Waals surface area (Å²) in [6, 6.07) is 9.40. The maximum atomic E-state index is 7.56. The Morgan fingerprint density at radius 3 is 2.54 bits per heavy atom. The Morgan fingerprint density at radius 2 is 1.88 bits per heavy atom. The number of thiazole rings is 1. The molecule has 8 heteroatoms. The van der Waals surface area contributed by atoms with E-state index in [4.69, 9.17) is 14.9 Å². The molecule has 0 amide bonds. The minimum atomic E-state index is 0.610. The van der Waals surface area contributed by atoms with Gasteiger partial charge in [-0.2, -0.15) is 0 Å². The molecule has 2 N–H and O–H groups in total. The summed E-state index contributed by atoms with van der Waals surface area (Å²) in [6.07, 6.45) is 1.34. The van der Waals surface area contributed by atoms with Gasteiger partial charge < -0.3 is 20.2 Å². The fourth-order valence-electron chi connectivity index (χ4n) is 2.61. The molecule has 0 aliphatic heterocycles. The van der Waals surface area contributed by atoms with E-state index in [1.807, 2.05) is 36.9 Å². The molecule has 0 atom stereocenters. The largest absolute Gasteiger partial charge is 0.493 e. The van der Waals surface area contributed by atoms with Crippen molar-refractivity contribution in [2.24, 2.45) is 17.3 Å². The van der Waals surface area contributed by atoms with Gasteiger partial charge in [0.05, 0.1) is 31.1 Å². The van der Waals surface area contributed by atoms with Crippen molar-refractivity contribution < 1.29 is 14.0 Å². The number of anilines is 1. The zero-order chi connectivity index (χ0) is 18.7. The Kier molecular flexibility index (Phi) is 5.13. The van der Waals surface area contributed by atoms with Crippen LogP contribution in [0.2, 0.25) is 0 Å². The minimum Gasteiger partial charge on any atom is -0.493 e. The average Bonchev–Trinajstić information content (AvgIpc) is 2.99. The molecular weight excluding hydrogens is 350 g/mol. The minimum absolute atomic E-state index is 0.610. The number of aromatic nitrogens is 1. The molecule has 0 aliphatic rings. The van der Waals surface area contributed by atoms with Crippen molar-refractivity contribution in [1.29, 1.82) is 5.41 Å². The van der Waals surface area contributed by atoms with E-state index in [1.54, 1.807) is 26.4 Å². The van der Waals surface area contributed by atoms with E-state index < -0.39 is 0 Å². The Bertz CT molecular complexity index is 997. The zero-order valence-corrected chi connectivity index (χ0v) is 15.8. The van der Waals surface area contributed by atoms with Gasteiger partial charge in [0.2, 0.25) is 0 Å². The fraction of sp³-hybridized carbons (Fsp3) is 0.222. The van der Waals surface area contributed by atoms with Crippen LogP contribution in [0.15, 0.2) is 40.6 Å². The third kappa shape index (κ3) is 3.23. The topological polar surface area (TPSA) is 82.9 Å². The first-order valence-corrected chi connectivity index (χ1v) is 8.71. The summed E-state index contributed by atoms with van der Waals surface area (Å²) in [6.45, 7) is 0. The lowest BCUT2D eigenvalue weighted by molar-refractivity contribution is -0.627. The summed E-state index contributed by atoms with van der Waals surface area (Å²) in [4.78, 5) is 0. The second-order valence-corrected chi connectivity index (χ2v) is 6.49. The maximum Gasteiger partial charge on any atom is 0.409 e. The lowest BCUT2D eigenvalue weighted by Crippen LogP contribution is -2.25. The van der Waals surface area contributed by atoms with Gasteiger partial charge in [-0.05, 0) is 34.7 Å². The lowest BCUT2D eigenvalue weighted by atomic mass is 10.2. The molecule has 0 fully saturated rings. The normalized spacial score (nSPS) is 11.1. The predicted octanol–water partition coefficient (Wildman–Crippen LogP) is 4.20.